The van der Waals surface area contributed by atoms with Gasteiger partial charge in [-0.2, -0.15) is 4.31 Å². The van der Waals surface area contributed by atoms with Gasteiger partial charge < -0.3 is 9.47 Å². The second kappa shape index (κ2) is 8.52. The topological polar surface area (TPSA) is 133 Å². The van der Waals surface area contributed by atoms with E-state index in [0.29, 0.717) is 0 Å². The lowest BCUT2D eigenvalue weighted by Gasteiger charge is -2.32. The number of non-ortho nitro benzene ring substituents is 1. The Kier molecular flexibility index (Phi) is 6.84. The quantitative estimate of drug-likeness (QED) is 0.355. The first kappa shape index (κ1) is 24.1. The van der Waals surface area contributed by atoms with Gasteiger partial charge >= 0.3 is 11.9 Å². The maximum Gasteiger partial charge on any atom is 0.324 e. The molecule has 1 aromatic rings. The maximum absolute atomic E-state index is 13.3. The van der Waals surface area contributed by atoms with E-state index in [9.17, 15) is 28.1 Å². The van der Waals surface area contributed by atoms with E-state index in [1.165, 1.54) is 18.9 Å². The van der Waals surface area contributed by atoms with E-state index in [4.69, 9.17) is 9.47 Å². The number of nitro benzene ring substituents is 1. The Morgan fingerprint density at radius 3 is 2.20 bits per heavy atom. The standard InChI is InChI=1S/C18H24N2O8S2/c1-17(2,3)29-18(16(22)28-5)10-14(15(21)27-4)19(11-18)30(25,26)13-8-6-12(7-9-13)20(23)24/h6-9,14H,10-11H2,1-5H3/t14-,18+/m0/s1. The summed E-state index contributed by atoms with van der Waals surface area (Å²) in [6.45, 7) is 5.29. The SMILES string of the molecule is COC(=O)[C@@H]1C[C@](SC(C)(C)C)(C(=O)OC)CN1S(=O)(=O)c1ccc([N+](=O)[O-])cc1. The van der Waals surface area contributed by atoms with Crippen molar-refractivity contribution in [1.82, 2.24) is 4.31 Å². The first-order valence-corrected chi connectivity index (χ1v) is 11.2. The molecule has 0 spiro atoms. The van der Waals surface area contributed by atoms with Gasteiger partial charge in [0.15, 0.2) is 0 Å². The molecule has 12 heteroatoms. The fourth-order valence-electron chi connectivity index (χ4n) is 3.34. The molecule has 1 fully saturated rings. The van der Waals surface area contributed by atoms with Gasteiger partial charge in [-0.15, -0.1) is 11.8 Å². The lowest BCUT2D eigenvalue weighted by molar-refractivity contribution is -0.384. The Hall–Kier alpha value is -2.18. The molecule has 0 N–H and O–H groups in total. The van der Waals surface area contributed by atoms with Gasteiger partial charge in [0.05, 0.1) is 24.0 Å². The zero-order valence-electron chi connectivity index (χ0n) is 17.3. The van der Waals surface area contributed by atoms with Crippen molar-refractivity contribution >= 4 is 39.4 Å². The smallest absolute Gasteiger partial charge is 0.324 e. The molecule has 1 aliphatic rings. The molecule has 0 radical (unpaired) electrons. The molecule has 1 aromatic carbocycles. The summed E-state index contributed by atoms with van der Waals surface area (Å²) in [5, 5.41) is 10.9. The van der Waals surface area contributed by atoms with Gasteiger partial charge in [-0.1, -0.05) is 20.8 Å². The molecule has 0 saturated carbocycles. The van der Waals surface area contributed by atoms with Crippen molar-refractivity contribution < 1.29 is 32.4 Å². The highest BCUT2D eigenvalue weighted by atomic mass is 32.2. The number of hydrogen-bond donors (Lipinski definition) is 0. The van der Waals surface area contributed by atoms with Crippen molar-refractivity contribution in [2.45, 2.75) is 47.6 Å². The molecule has 166 valence electrons. The Labute approximate surface area is 179 Å². The van der Waals surface area contributed by atoms with Crippen LogP contribution in [-0.4, -0.2) is 65.9 Å². The number of sulfonamides is 1. The molecule has 1 saturated heterocycles. The minimum absolute atomic E-state index is 0.125. The van der Waals surface area contributed by atoms with E-state index in [0.717, 1.165) is 35.7 Å². The third-order valence-corrected chi connectivity index (χ3v) is 7.80. The number of nitro groups is 1. The van der Waals surface area contributed by atoms with Gasteiger partial charge in [0.1, 0.15) is 10.8 Å². The number of methoxy groups -OCH3 is 2. The Balaban J connectivity index is 2.55. The molecule has 30 heavy (non-hydrogen) atoms. The average Bonchev–Trinajstić information content (AvgIpc) is 3.06. The fourth-order valence-corrected chi connectivity index (χ4v) is 6.84. The van der Waals surface area contributed by atoms with Crippen molar-refractivity contribution in [2.75, 3.05) is 20.8 Å². The first-order chi connectivity index (χ1) is 13.8. The summed E-state index contributed by atoms with van der Waals surface area (Å²) < 4.78 is 35.5. The van der Waals surface area contributed by atoms with Crippen molar-refractivity contribution in [3.8, 4) is 0 Å². The molecule has 2 rings (SSSR count). The van der Waals surface area contributed by atoms with Crippen LogP contribution in [0.3, 0.4) is 0 Å². The monoisotopic (exact) mass is 460 g/mol. The number of ether oxygens (including phenoxy) is 2. The van der Waals surface area contributed by atoms with Crippen molar-refractivity contribution in [3.05, 3.63) is 34.4 Å². The van der Waals surface area contributed by atoms with E-state index in [1.807, 2.05) is 20.8 Å². The van der Waals surface area contributed by atoms with E-state index in [2.05, 4.69) is 0 Å². The van der Waals surface area contributed by atoms with E-state index >= 15 is 0 Å². The highest BCUT2D eigenvalue weighted by Crippen LogP contribution is 2.47. The zero-order chi connectivity index (χ0) is 22.9. The molecule has 10 nitrogen and oxygen atoms in total. The maximum atomic E-state index is 13.3. The zero-order valence-corrected chi connectivity index (χ0v) is 18.9. The molecular formula is C18H24N2O8S2. The molecule has 0 aliphatic carbocycles. The van der Waals surface area contributed by atoms with E-state index in [1.54, 1.807) is 0 Å². The Morgan fingerprint density at radius 2 is 1.77 bits per heavy atom. The molecule has 1 aliphatic heterocycles. The molecule has 0 unspecified atom stereocenters. The van der Waals surface area contributed by atoms with Crippen LogP contribution in [0.5, 0.6) is 0 Å². The third kappa shape index (κ3) is 4.76. The summed E-state index contributed by atoms with van der Waals surface area (Å²) in [7, 11) is -1.93. The molecule has 2 atom stereocenters. The summed E-state index contributed by atoms with van der Waals surface area (Å²) in [5.74, 6) is -1.45. The highest BCUT2D eigenvalue weighted by Gasteiger charge is 2.58. The van der Waals surface area contributed by atoms with Gasteiger partial charge in [-0.05, 0) is 12.1 Å². The summed E-state index contributed by atoms with van der Waals surface area (Å²) in [4.78, 5) is 35.1. The number of thioether (sulfide) groups is 1. The van der Waals surface area contributed by atoms with Crippen LogP contribution < -0.4 is 0 Å². The van der Waals surface area contributed by atoms with Crippen LogP contribution in [0.2, 0.25) is 0 Å². The Morgan fingerprint density at radius 1 is 1.20 bits per heavy atom. The first-order valence-electron chi connectivity index (χ1n) is 8.90. The minimum Gasteiger partial charge on any atom is -0.468 e. The van der Waals surface area contributed by atoms with Gasteiger partial charge in [0.25, 0.3) is 5.69 Å². The van der Waals surface area contributed by atoms with Crippen LogP contribution in [-0.2, 0) is 29.1 Å². The largest absolute Gasteiger partial charge is 0.468 e. The van der Waals surface area contributed by atoms with Crippen LogP contribution in [0.4, 0.5) is 5.69 Å². The number of carbonyl (C=O) groups is 2. The number of rotatable bonds is 6. The van der Waals surface area contributed by atoms with Gasteiger partial charge in [0, 0.05) is 29.8 Å². The molecule has 0 bridgehead atoms. The molecular weight excluding hydrogens is 436 g/mol. The predicted molar refractivity (Wildman–Crippen MR) is 110 cm³/mol. The minimum atomic E-state index is -4.27. The summed E-state index contributed by atoms with van der Waals surface area (Å²) in [6.07, 6.45) is -0.125. The number of hydrogen-bond acceptors (Lipinski definition) is 9. The van der Waals surface area contributed by atoms with Crippen LogP contribution in [0, 0.1) is 10.1 Å². The van der Waals surface area contributed by atoms with Crippen LogP contribution in [0.1, 0.15) is 27.2 Å². The van der Waals surface area contributed by atoms with E-state index < -0.39 is 42.4 Å². The van der Waals surface area contributed by atoms with E-state index in [-0.39, 0.29) is 23.5 Å². The van der Waals surface area contributed by atoms with Gasteiger partial charge in [0.2, 0.25) is 10.0 Å². The molecule has 0 amide bonds. The second-order valence-electron chi connectivity index (χ2n) is 7.74. The molecule has 1 heterocycles. The van der Waals surface area contributed by atoms with Gasteiger partial charge in [-0.3, -0.25) is 19.7 Å². The fraction of sp³-hybridized carbons (Fsp3) is 0.556. The lowest BCUT2D eigenvalue weighted by atomic mass is 10.0. The van der Waals surface area contributed by atoms with Crippen LogP contribution >= 0.6 is 11.8 Å². The Bertz CT molecular complexity index is 940. The summed E-state index contributed by atoms with van der Waals surface area (Å²) >= 11 is 1.22. The third-order valence-electron chi connectivity index (χ3n) is 4.47. The van der Waals surface area contributed by atoms with Gasteiger partial charge in [-0.25, -0.2) is 8.42 Å². The summed E-state index contributed by atoms with van der Waals surface area (Å²) in [5.41, 5.74) is -0.271. The average molecular weight is 461 g/mol. The van der Waals surface area contributed by atoms with Crippen molar-refractivity contribution in [1.29, 1.82) is 0 Å². The highest BCUT2D eigenvalue weighted by molar-refractivity contribution is 8.02. The lowest BCUT2D eigenvalue weighted by Crippen LogP contribution is -2.44. The molecule has 0 aromatic heterocycles. The second-order valence-corrected chi connectivity index (χ2v) is 11.8. The van der Waals surface area contributed by atoms with Crippen LogP contribution in [0.25, 0.3) is 0 Å². The number of nitrogens with zero attached hydrogens (tertiary/aromatic N) is 2. The number of benzene rings is 1. The summed E-state index contributed by atoms with van der Waals surface area (Å²) in [6, 6.07) is 3.07. The predicted octanol–water partition coefficient (Wildman–Crippen LogP) is 1.97. The van der Waals surface area contributed by atoms with Crippen molar-refractivity contribution in [3.63, 3.8) is 0 Å². The number of esters is 2. The van der Waals surface area contributed by atoms with Crippen LogP contribution in [0.15, 0.2) is 29.2 Å². The normalized spacial score (nSPS) is 22.5. The number of carbonyl (C=O) groups excluding carboxylic acids is 2. The van der Waals surface area contributed by atoms with Crippen molar-refractivity contribution in [2.24, 2.45) is 0 Å².